The van der Waals surface area contributed by atoms with Gasteiger partial charge in [-0.3, -0.25) is 48.1 Å². The van der Waals surface area contributed by atoms with Gasteiger partial charge in [0, 0.05) is 87.9 Å². The number of thiazole rings is 1. The largest absolute Gasteiger partial charge is 0.481 e. The molecule has 0 saturated carbocycles. The van der Waals surface area contributed by atoms with Gasteiger partial charge >= 0.3 is 17.9 Å². The highest BCUT2D eigenvalue weighted by molar-refractivity contribution is 7.09. The van der Waals surface area contributed by atoms with E-state index < -0.39 is 114 Å². The smallest absolute Gasteiger partial charge is 0.335 e. The molecular weight excluding hydrogens is 1160 g/mol. The van der Waals surface area contributed by atoms with Crippen molar-refractivity contribution < 1.29 is 92.2 Å². The average molecular weight is 1250 g/mol. The molecular formula is C61H83N8O18S+. The van der Waals surface area contributed by atoms with E-state index in [1.54, 1.807) is 31.0 Å². The minimum atomic E-state index is -2.01. The van der Waals surface area contributed by atoms with Crippen LogP contribution in [0.4, 0.5) is 5.69 Å². The van der Waals surface area contributed by atoms with Crippen LogP contribution in [0.2, 0.25) is 0 Å². The number of nitrogens with zero attached hydrogens (tertiary/aromatic N) is 4. The van der Waals surface area contributed by atoms with Crippen LogP contribution in [0.5, 0.6) is 5.75 Å². The Bertz CT molecular complexity index is 3020. The highest BCUT2D eigenvalue weighted by atomic mass is 32.1. The average Bonchev–Trinajstić information content (AvgIpc) is 3.70. The van der Waals surface area contributed by atoms with Gasteiger partial charge in [0.25, 0.3) is 23.6 Å². The maximum absolute atomic E-state index is 15.0. The number of esters is 1. The second-order valence-electron chi connectivity index (χ2n) is 23.5. The van der Waals surface area contributed by atoms with E-state index in [4.69, 9.17) is 14.2 Å². The van der Waals surface area contributed by atoms with E-state index in [9.17, 15) is 73.5 Å². The summed E-state index contributed by atoms with van der Waals surface area (Å²) in [6, 6.07) is 11.1. The number of anilines is 1. The van der Waals surface area contributed by atoms with E-state index in [1.807, 2.05) is 65.1 Å². The molecule has 0 bridgehead atoms. The summed E-state index contributed by atoms with van der Waals surface area (Å²) in [5.74, 6) is -8.34. The second-order valence-corrected chi connectivity index (χ2v) is 24.4. The third-order valence-corrected chi connectivity index (χ3v) is 17.3. The van der Waals surface area contributed by atoms with Gasteiger partial charge in [-0.15, -0.1) is 11.3 Å². The number of aliphatic carboxylic acids is 2. The van der Waals surface area contributed by atoms with Crippen LogP contribution in [0.15, 0.2) is 66.1 Å². The van der Waals surface area contributed by atoms with Crippen LogP contribution in [0.25, 0.3) is 0 Å². The van der Waals surface area contributed by atoms with Crippen LogP contribution in [0.3, 0.4) is 0 Å². The SMILES string of the molecule is CC[C@H](C)[C@H](NC(=O)[C@H]1CCCC[N+]1(C)Cc1ccc(O[C@@H]2O[C@H](C(=O)O)[C@@H](O)[C@H](O)[C@H]2O)c(NC(=O)CCNC(=O)CCN2C(=O)C=CC2=O)c1)C(=O)N(C)[C@H](C[C@@H](OC(C)=O)c1nc(C(=O)N[C@@H](Cc2ccccc2)C[C@H](C)C(=O)O)cs1)C(C)C. The fraction of sp³-hybridized carbons (Fsp3) is 0.557. The first kappa shape index (κ1) is 69.4. The molecule has 0 spiro atoms. The number of carbonyl (C=O) groups is 10. The quantitative estimate of drug-likeness (QED) is 0.0263. The molecule has 0 radical (unpaired) electrons. The second kappa shape index (κ2) is 31.5. The van der Waals surface area contributed by atoms with Crippen LogP contribution in [0.1, 0.15) is 126 Å². The highest BCUT2D eigenvalue weighted by Gasteiger charge is 2.49. The number of ether oxygens (including phenoxy) is 3. The number of aromatic nitrogens is 1. The Morgan fingerprint density at radius 3 is 2.20 bits per heavy atom. The van der Waals surface area contributed by atoms with Gasteiger partial charge in [0.05, 0.1) is 25.2 Å². The third kappa shape index (κ3) is 18.4. The molecule has 27 heteroatoms. The number of aliphatic hydroxyl groups is 3. The van der Waals surface area contributed by atoms with E-state index in [1.165, 1.54) is 18.4 Å². The summed E-state index contributed by atoms with van der Waals surface area (Å²) in [5, 5.41) is 64.3. The predicted molar refractivity (Wildman–Crippen MR) is 317 cm³/mol. The van der Waals surface area contributed by atoms with Gasteiger partial charge in [-0.25, -0.2) is 9.78 Å². The minimum absolute atomic E-state index is 0.00507. The number of aliphatic hydroxyl groups excluding tert-OH is 3. The Kier molecular flexibility index (Phi) is 24.8. The van der Waals surface area contributed by atoms with E-state index in [0.29, 0.717) is 42.8 Å². The molecule has 2 saturated heterocycles. The van der Waals surface area contributed by atoms with Gasteiger partial charge in [0.1, 0.15) is 47.3 Å². The van der Waals surface area contributed by atoms with Crippen molar-refractivity contribution in [2.24, 2.45) is 17.8 Å². The topological polar surface area (TPSA) is 367 Å². The van der Waals surface area contributed by atoms with Crippen molar-refractivity contribution in [3.63, 3.8) is 0 Å². The first-order valence-corrected chi connectivity index (χ1v) is 30.4. The molecule has 4 heterocycles. The number of benzene rings is 2. The highest BCUT2D eigenvalue weighted by Crippen LogP contribution is 2.35. The summed E-state index contributed by atoms with van der Waals surface area (Å²) >= 11 is 1.10. The van der Waals surface area contributed by atoms with Crippen LogP contribution < -0.4 is 26.0 Å². The number of carboxylic acids is 2. The zero-order valence-electron chi connectivity index (χ0n) is 50.8. The number of imide groups is 1. The first-order valence-electron chi connectivity index (χ1n) is 29.5. The summed E-state index contributed by atoms with van der Waals surface area (Å²) in [6.45, 7) is 10.8. The lowest BCUT2D eigenvalue weighted by Crippen LogP contribution is -2.63. The molecule has 1 unspecified atom stereocenters. The van der Waals surface area contributed by atoms with Gasteiger partial charge in [-0.05, 0) is 61.3 Å². The Morgan fingerprint density at radius 2 is 1.57 bits per heavy atom. The zero-order valence-corrected chi connectivity index (χ0v) is 51.6. The lowest BCUT2D eigenvalue weighted by Gasteiger charge is -2.44. The maximum atomic E-state index is 15.0. The Labute approximate surface area is 514 Å². The van der Waals surface area contributed by atoms with E-state index in [2.05, 4.69) is 26.3 Å². The van der Waals surface area contributed by atoms with Gasteiger partial charge in [-0.2, -0.15) is 0 Å². The van der Waals surface area contributed by atoms with Crippen molar-refractivity contribution in [3.05, 3.63) is 87.9 Å². The normalized spacial score (nSPS) is 23.0. The van der Waals surface area contributed by atoms with Crippen molar-refractivity contribution in [1.82, 2.24) is 30.7 Å². The molecule has 3 aliphatic heterocycles. The molecule has 0 aliphatic carbocycles. The lowest BCUT2D eigenvalue weighted by atomic mass is 9.92. The molecule has 7 amide bonds. The molecule has 3 aliphatic rings. The number of hydrogen-bond donors (Lipinski definition) is 9. The van der Waals surface area contributed by atoms with Gasteiger partial charge in [-0.1, -0.05) is 71.4 Å². The lowest BCUT2D eigenvalue weighted by molar-refractivity contribution is -0.942. The minimum Gasteiger partial charge on any atom is -0.481 e. The molecule has 3 aromatic rings. The zero-order chi connectivity index (χ0) is 64.7. The molecule has 2 fully saturated rings. The van der Waals surface area contributed by atoms with Gasteiger partial charge in [0.15, 0.2) is 18.2 Å². The van der Waals surface area contributed by atoms with Crippen LogP contribution >= 0.6 is 11.3 Å². The maximum Gasteiger partial charge on any atom is 0.335 e. The number of amides is 7. The molecule has 2 aromatic carbocycles. The Hall–Kier alpha value is -7.69. The number of carbonyl (C=O) groups excluding carboxylic acids is 8. The molecule has 13 atom stereocenters. The summed E-state index contributed by atoms with van der Waals surface area (Å²) in [6.07, 6.45) is -6.14. The number of rotatable bonds is 30. The van der Waals surface area contributed by atoms with Crippen molar-refractivity contribution in [2.45, 2.75) is 167 Å². The number of piperidine rings is 1. The molecule has 26 nitrogen and oxygen atoms in total. The molecule has 480 valence electrons. The fourth-order valence-corrected chi connectivity index (χ4v) is 12.0. The summed E-state index contributed by atoms with van der Waals surface area (Å²) in [7, 11) is 3.53. The number of hydrogen-bond acceptors (Lipinski definition) is 18. The van der Waals surface area contributed by atoms with Crippen LogP contribution in [-0.4, -0.2) is 193 Å². The first-order chi connectivity index (χ1) is 41.6. The Morgan fingerprint density at radius 1 is 0.875 bits per heavy atom. The Balaban J connectivity index is 1.18. The number of likely N-dealkylation sites (tertiary alicyclic amines) is 1. The van der Waals surface area contributed by atoms with Gasteiger partial charge in [0.2, 0.25) is 24.0 Å². The van der Waals surface area contributed by atoms with E-state index in [0.717, 1.165) is 40.4 Å². The van der Waals surface area contributed by atoms with Crippen LogP contribution in [0, 0.1) is 17.8 Å². The standard InChI is InChI=1S/C61H82N8O18S/c1-9-34(4)50(58(80)67(7)42(33(2)3)30-45(85-36(6)70)57-65-41(32-88-57)55(78)63-39(27-35(5)59(81)82)28-37-15-11-10-12-16-37)66-56(79)43-17-13-14-26-69(43,8)31-38-18-19-44(86-61-53(77)51(75)52(76)54(87-61)60(83)84)40(29-38)64-47(72)22-24-62-46(71)23-25-68-48(73)20-21-49(68)74/h10-12,15-16,18-21,29,32-35,39,42-43,45,50-54,61,75-77H,9,13-14,17,22-28,30-31H2,1-8H3,(H5-,62,63,64,66,71,72,78,79,81,82,83,84)/p+1/t34-,35-,39+,42+,43+,45+,50-,51-,52-,53+,54-,61+,69?/m0/s1. The molecule has 6 rings (SSSR count). The summed E-state index contributed by atoms with van der Waals surface area (Å²) in [5.41, 5.74) is 1.51. The molecule has 9 N–H and O–H groups in total. The van der Waals surface area contributed by atoms with Crippen LogP contribution in [-0.2, 0) is 65.6 Å². The predicted octanol–water partition coefficient (Wildman–Crippen LogP) is 2.83. The molecule has 88 heavy (non-hydrogen) atoms. The number of likely N-dealkylation sites (N-methyl/N-ethyl adjacent to an activating group) is 2. The van der Waals surface area contributed by atoms with Crippen molar-refractivity contribution >= 4 is 76.3 Å². The number of carboxylic acid groups (broad SMARTS) is 2. The number of nitrogens with one attached hydrogen (secondary N) is 4. The summed E-state index contributed by atoms with van der Waals surface area (Å²) in [4.78, 5) is 137. The van der Waals surface area contributed by atoms with Gasteiger partial charge < -0.3 is 70.4 Å². The van der Waals surface area contributed by atoms with Crippen molar-refractivity contribution in [1.29, 1.82) is 0 Å². The summed E-state index contributed by atoms with van der Waals surface area (Å²) < 4.78 is 17.3. The molecule has 1 aromatic heterocycles. The van der Waals surface area contributed by atoms with E-state index in [-0.39, 0.29) is 90.6 Å². The monoisotopic (exact) mass is 1250 g/mol. The van der Waals surface area contributed by atoms with E-state index >= 15 is 0 Å². The van der Waals surface area contributed by atoms with Crippen molar-refractivity contribution in [3.8, 4) is 5.75 Å². The van der Waals surface area contributed by atoms with Crippen molar-refractivity contribution in [2.75, 3.05) is 39.0 Å². The number of quaternary nitrogens is 1. The third-order valence-electron chi connectivity index (χ3n) is 16.4. The fourth-order valence-electron chi connectivity index (χ4n) is 11.2.